The highest BCUT2D eigenvalue weighted by molar-refractivity contribution is 9.10. The van der Waals surface area contributed by atoms with E-state index in [2.05, 4.69) is 56.8 Å². The largest absolute Gasteiger partial charge is 0.316 e. The standard InChI is InChI=1S/C16H20BrN3/c1-11-6-14(7-12(2)16(11)17)20-10-19-9-15(20)13-4-3-5-18-8-13/h6-7,9-10,13,18H,3-5,8H2,1-2H3. The summed E-state index contributed by atoms with van der Waals surface area (Å²) >= 11 is 3.64. The Morgan fingerprint density at radius 3 is 2.70 bits per heavy atom. The number of imidazole rings is 1. The van der Waals surface area contributed by atoms with E-state index in [1.807, 2.05) is 12.5 Å². The first-order valence-electron chi connectivity index (χ1n) is 7.17. The van der Waals surface area contributed by atoms with Gasteiger partial charge in [0.15, 0.2) is 0 Å². The Kier molecular flexibility index (Phi) is 3.94. The molecule has 1 aliphatic rings. The van der Waals surface area contributed by atoms with Crippen molar-refractivity contribution >= 4 is 15.9 Å². The van der Waals surface area contributed by atoms with Crippen molar-refractivity contribution < 1.29 is 0 Å². The fraction of sp³-hybridized carbons (Fsp3) is 0.438. The first-order chi connectivity index (χ1) is 9.66. The maximum Gasteiger partial charge on any atom is 0.0994 e. The lowest BCUT2D eigenvalue weighted by atomic mass is 9.96. The molecule has 1 aliphatic heterocycles. The van der Waals surface area contributed by atoms with Gasteiger partial charge >= 0.3 is 0 Å². The second kappa shape index (κ2) is 5.70. The molecule has 1 aromatic carbocycles. The highest BCUT2D eigenvalue weighted by atomic mass is 79.9. The summed E-state index contributed by atoms with van der Waals surface area (Å²) in [6.45, 7) is 6.47. The van der Waals surface area contributed by atoms with Gasteiger partial charge in [0.05, 0.1) is 6.33 Å². The molecule has 1 unspecified atom stereocenters. The molecule has 3 rings (SSSR count). The minimum Gasteiger partial charge on any atom is -0.316 e. The molecule has 1 N–H and O–H groups in total. The Balaban J connectivity index is 2.00. The van der Waals surface area contributed by atoms with E-state index in [1.165, 1.54) is 39.8 Å². The number of nitrogens with one attached hydrogen (secondary N) is 1. The van der Waals surface area contributed by atoms with Crippen LogP contribution in [0.4, 0.5) is 0 Å². The quantitative estimate of drug-likeness (QED) is 0.907. The van der Waals surface area contributed by atoms with Crippen LogP contribution < -0.4 is 5.32 Å². The summed E-state index contributed by atoms with van der Waals surface area (Å²) in [5.74, 6) is 0.565. The Morgan fingerprint density at radius 2 is 2.05 bits per heavy atom. The van der Waals surface area contributed by atoms with Crippen LogP contribution in [-0.4, -0.2) is 22.6 Å². The molecule has 3 nitrogen and oxygen atoms in total. The third kappa shape index (κ3) is 2.54. The molecular weight excluding hydrogens is 314 g/mol. The first-order valence-corrected chi connectivity index (χ1v) is 7.96. The molecule has 4 heteroatoms. The van der Waals surface area contributed by atoms with E-state index in [1.54, 1.807) is 0 Å². The first kappa shape index (κ1) is 13.8. The van der Waals surface area contributed by atoms with Crippen LogP contribution in [0, 0.1) is 13.8 Å². The molecular formula is C16H20BrN3. The summed E-state index contributed by atoms with van der Waals surface area (Å²) in [7, 11) is 0. The zero-order chi connectivity index (χ0) is 14.1. The number of hydrogen-bond acceptors (Lipinski definition) is 2. The van der Waals surface area contributed by atoms with Gasteiger partial charge in [-0.15, -0.1) is 0 Å². The van der Waals surface area contributed by atoms with Gasteiger partial charge in [0.25, 0.3) is 0 Å². The van der Waals surface area contributed by atoms with Crippen LogP contribution in [0.2, 0.25) is 0 Å². The Labute approximate surface area is 128 Å². The molecule has 0 bridgehead atoms. The Morgan fingerprint density at radius 1 is 1.30 bits per heavy atom. The van der Waals surface area contributed by atoms with Crippen molar-refractivity contribution in [2.75, 3.05) is 13.1 Å². The van der Waals surface area contributed by atoms with E-state index >= 15 is 0 Å². The zero-order valence-electron chi connectivity index (χ0n) is 12.0. The molecule has 1 aromatic heterocycles. The summed E-state index contributed by atoms with van der Waals surface area (Å²) in [5, 5.41) is 3.49. The Hall–Kier alpha value is -1.13. The SMILES string of the molecule is Cc1cc(-n2cncc2C2CCCNC2)cc(C)c1Br. The van der Waals surface area contributed by atoms with E-state index in [0.29, 0.717) is 5.92 Å². The molecule has 0 spiro atoms. The summed E-state index contributed by atoms with van der Waals surface area (Å²) in [4.78, 5) is 4.38. The lowest BCUT2D eigenvalue weighted by molar-refractivity contribution is 0.451. The van der Waals surface area contributed by atoms with E-state index in [-0.39, 0.29) is 0 Å². The van der Waals surface area contributed by atoms with Crippen LogP contribution in [0.1, 0.15) is 35.6 Å². The van der Waals surface area contributed by atoms with Crippen molar-refractivity contribution in [3.8, 4) is 5.69 Å². The summed E-state index contributed by atoms with van der Waals surface area (Å²) < 4.78 is 3.44. The number of piperidine rings is 1. The van der Waals surface area contributed by atoms with Crippen LogP contribution in [0.15, 0.2) is 29.1 Å². The Bertz CT molecular complexity index is 589. The molecule has 2 heterocycles. The van der Waals surface area contributed by atoms with Crippen LogP contribution in [0.5, 0.6) is 0 Å². The summed E-state index contributed by atoms with van der Waals surface area (Å²) in [5.41, 5.74) is 5.06. The maximum atomic E-state index is 4.38. The molecule has 2 aromatic rings. The molecule has 1 atom stereocenters. The number of hydrogen-bond donors (Lipinski definition) is 1. The fourth-order valence-corrected chi connectivity index (χ4v) is 3.22. The minimum absolute atomic E-state index is 0.565. The molecule has 0 radical (unpaired) electrons. The highest BCUT2D eigenvalue weighted by Gasteiger charge is 2.19. The van der Waals surface area contributed by atoms with Crippen LogP contribution in [0.25, 0.3) is 5.69 Å². The van der Waals surface area contributed by atoms with Crippen LogP contribution in [-0.2, 0) is 0 Å². The molecule has 106 valence electrons. The predicted molar refractivity (Wildman–Crippen MR) is 85.6 cm³/mol. The third-order valence-electron chi connectivity index (χ3n) is 4.08. The van der Waals surface area contributed by atoms with Crippen molar-refractivity contribution in [3.05, 3.63) is 46.0 Å². The average molecular weight is 334 g/mol. The normalized spacial score (nSPS) is 19.2. The molecule has 1 saturated heterocycles. The predicted octanol–water partition coefficient (Wildman–Crippen LogP) is 3.72. The van der Waals surface area contributed by atoms with Crippen molar-refractivity contribution in [2.45, 2.75) is 32.6 Å². The highest BCUT2D eigenvalue weighted by Crippen LogP contribution is 2.28. The van der Waals surface area contributed by atoms with E-state index in [9.17, 15) is 0 Å². The number of halogens is 1. The van der Waals surface area contributed by atoms with Crippen LogP contribution >= 0.6 is 15.9 Å². The van der Waals surface area contributed by atoms with E-state index < -0.39 is 0 Å². The molecule has 0 aliphatic carbocycles. The zero-order valence-corrected chi connectivity index (χ0v) is 13.6. The van der Waals surface area contributed by atoms with Gasteiger partial charge in [0.1, 0.15) is 0 Å². The van der Waals surface area contributed by atoms with Crippen molar-refractivity contribution in [2.24, 2.45) is 0 Å². The smallest absolute Gasteiger partial charge is 0.0994 e. The number of aromatic nitrogens is 2. The van der Waals surface area contributed by atoms with Crippen molar-refractivity contribution in [1.29, 1.82) is 0 Å². The monoisotopic (exact) mass is 333 g/mol. The van der Waals surface area contributed by atoms with Gasteiger partial charge in [-0.2, -0.15) is 0 Å². The van der Waals surface area contributed by atoms with Gasteiger partial charge in [-0.25, -0.2) is 4.98 Å². The van der Waals surface area contributed by atoms with Gasteiger partial charge in [-0.05, 0) is 56.5 Å². The van der Waals surface area contributed by atoms with E-state index in [4.69, 9.17) is 0 Å². The lowest BCUT2D eigenvalue weighted by Gasteiger charge is -2.24. The van der Waals surface area contributed by atoms with Crippen LogP contribution in [0.3, 0.4) is 0 Å². The molecule has 0 amide bonds. The third-order valence-corrected chi connectivity index (χ3v) is 5.33. The van der Waals surface area contributed by atoms with Gasteiger partial charge in [-0.3, -0.25) is 0 Å². The maximum absolute atomic E-state index is 4.38. The molecule has 0 saturated carbocycles. The minimum atomic E-state index is 0.565. The van der Waals surface area contributed by atoms with Crippen molar-refractivity contribution in [1.82, 2.24) is 14.9 Å². The lowest BCUT2D eigenvalue weighted by Crippen LogP contribution is -2.29. The number of rotatable bonds is 2. The van der Waals surface area contributed by atoms with Gasteiger partial charge in [-0.1, -0.05) is 15.9 Å². The summed E-state index contributed by atoms with van der Waals surface area (Å²) in [6, 6.07) is 4.44. The molecule has 20 heavy (non-hydrogen) atoms. The van der Waals surface area contributed by atoms with Gasteiger partial charge in [0.2, 0.25) is 0 Å². The second-order valence-corrected chi connectivity index (χ2v) is 6.42. The van der Waals surface area contributed by atoms with E-state index in [0.717, 1.165) is 13.1 Å². The fourth-order valence-electron chi connectivity index (χ4n) is 2.99. The molecule has 1 fully saturated rings. The van der Waals surface area contributed by atoms with Gasteiger partial charge in [0, 0.05) is 34.5 Å². The number of aryl methyl sites for hydroxylation is 2. The second-order valence-electron chi connectivity index (χ2n) is 5.63. The average Bonchev–Trinajstić information content (AvgIpc) is 2.94. The number of benzene rings is 1. The summed E-state index contributed by atoms with van der Waals surface area (Å²) in [6.07, 6.45) is 6.44. The van der Waals surface area contributed by atoms with Crippen molar-refractivity contribution in [3.63, 3.8) is 0 Å². The number of nitrogens with zero attached hydrogens (tertiary/aromatic N) is 2. The topological polar surface area (TPSA) is 29.9 Å². The van der Waals surface area contributed by atoms with Gasteiger partial charge < -0.3 is 9.88 Å².